The molecular weight excluding hydrogens is 465 g/mol. The number of thiazole rings is 2. The van der Waals surface area contributed by atoms with E-state index >= 15 is 0 Å². The van der Waals surface area contributed by atoms with Crippen molar-refractivity contribution in [2.24, 2.45) is 0 Å². The lowest BCUT2D eigenvalue weighted by atomic mass is 10.3. The van der Waals surface area contributed by atoms with E-state index < -0.39 is 0 Å². The molecule has 0 saturated heterocycles. The second-order valence-electron chi connectivity index (χ2n) is 6.71. The third-order valence-electron chi connectivity index (χ3n) is 4.62. The molecule has 0 spiro atoms. The van der Waals surface area contributed by atoms with Crippen LogP contribution in [0.25, 0.3) is 21.7 Å². The second kappa shape index (κ2) is 8.51. The van der Waals surface area contributed by atoms with Gasteiger partial charge < -0.3 is 0 Å². The number of nitrogens with zero attached hydrogens (tertiary/aromatic N) is 4. The fraction of sp³-hybridized carbons (Fsp3) is 0.0909. The van der Waals surface area contributed by atoms with Gasteiger partial charge in [0, 0.05) is 16.8 Å². The molecule has 0 radical (unpaired) electrons. The molecule has 0 amide bonds. The molecule has 31 heavy (non-hydrogen) atoms. The number of hydrogen-bond donors (Lipinski definition) is 0. The first kappa shape index (κ1) is 20.3. The van der Waals surface area contributed by atoms with Crippen molar-refractivity contribution in [2.75, 3.05) is 0 Å². The number of para-hydroxylation sites is 2. The molecule has 3 heterocycles. The number of fused-ring (bicyclic) bond motifs is 1. The van der Waals surface area contributed by atoms with Gasteiger partial charge in [-0.25, -0.2) is 9.97 Å². The molecular formula is C22H16N4OS4. The number of thioether (sulfide) groups is 1. The minimum Gasteiger partial charge on any atom is -0.275 e. The molecule has 0 aliphatic carbocycles. The van der Waals surface area contributed by atoms with Gasteiger partial charge in [-0.2, -0.15) is 0 Å². The van der Waals surface area contributed by atoms with Crippen molar-refractivity contribution < 1.29 is 0 Å². The van der Waals surface area contributed by atoms with Crippen molar-refractivity contribution in [2.45, 2.75) is 17.8 Å². The SMILES string of the molecule is Cc1nc(CSc2nc3c(sc(=S)n3-c3ccccc3)c(=O)n2-c2ccccc2)cs1. The molecule has 9 heteroatoms. The molecule has 2 aromatic carbocycles. The van der Waals surface area contributed by atoms with Gasteiger partial charge in [-0.1, -0.05) is 59.5 Å². The van der Waals surface area contributed by atoms with Gasteiger partial charge in [0.15, 0.2) is 14.8 Å². The minimum atomic E-state index is -0.112. The molecule has 0 fully saturated rings. The largest absolute Gasteiger partial charge is 0.278 e. The highest BCUT2D eigenvalue weighted by Gasteiger charge is 2.19. The molecule has 154 valence electrons. The van der Waals surface area contributed by atoms with Crippen molar-refractivity contribution >= 4 is 57.0 Å². The summed E-state index contributed by atoms with van der Waals surface area (Å²) in [6.45, 7) is 1.99. The maximum absolute atomic E-state index is 13.6. The molecule has 0 aliphatic rings. The van der Waals surface area contributed by atoms with Crippen LogP contribution in [0, 0.1) is 10.9 Å². The highest BCUT2D eigenvalue weighted by atomic mass is 32.2. The molecule has 0 saturated carbocycles. The summed E-state index contributed by atoms with van der Waals surface area (Å²) in [5, 5.41) is 3.68. The Balaban J connectivity index is 1.73. The number of benzene rings is 2. The van der Waals surface area contributed by atoms with Gasteiger partial charge in [0.25, 0.3) is 5.56 Å². The molecule has 3 aromatic heterocycles. The zero-order valence-electron chi connectivity index (χ0n) is 16.4. The van der Waals surface area contributed by atoms with Crippen molar-refractivity contribution in [1.29, 1.82) is 0 Å². The van der Waals surface area contributed by atoms with Crippen molar-refractivity contribution in [1.82, 2.24) is 19.1 Å². The molecule has 5 rings (SSSR count). The maximum atomic E-state index is 13.6. The first-order valence-electron chi connectivity index (χ1n) is 9.45. The second-order valence-corrected chi connectivity index (χ2v) is 10.4. The lowest BCUT2D eigenvalue weighted by molar-refractivity contribution is 0.811. The van der Waals surface area contributed by atoms with Gasteiger partial charge in [-0.3, -0.25) is 13.9 Å². The lowest BCUT2D eigenvalue weighted by Crippen LogP contribution is -2.21. The van der Waals surface area contributed by atoms with Gasteiger partial charge in [-0.05, 0) is 43.4 Å². The molecule has 5 nitrogen and oxygen atoms in total. The Morgan fingerprint density at radius 1 is 0.968 bits per heavy atom. The minimum absolute atomic E-state index is 0.112. The fourth-order valence-corrected chi connectivity index (χ4v) is 6.17. The van der Waals surface area contributed by atoms with Crippen molar-refractivity contribution in [3.05, 3.63) is 91.1 Å². The van der Waals surface area contributed by atoms with Gasteiger partial charge in [0.2, 0.25) is 0 Å². The van der Waals surface area contributed by atoms with Crippen LogP contribution in [0.4, 0.5) is 0 Å². The summed E-state index contributed by atoms with van der Waals surface area (Å²) in [7, 11) is 0. The quantitative estimate of drug-likeness (QED) is 0.175. The van der Waals surface area contributed by atoms with Crippen LogP contribution in [0.2, 0.25) is 0 Å². The smallest absolute Gasteiger partial charge is 0.275 e. The predicted molar refractivity (Wildman–Crippen MR) is 132 cm³/mol. The average molecular weight is 481 g/mol. The topological polar surface area (TPSA) is 52.7 Å². The Morgan fingerprint density at radius 3 is 2.23 bits per heavy atom. The summed E-state index contributed by atoms with van der Waals surface area (Å²) in [5.74, 6) is 0.630. The Labute approximate surface area is 195 Å². The van der Waals surface area contributed by atoms with Crippen LogP contribution < -0.4 is 5.56 Å². The van der Waals surface area contributed by atoms with E-state index in [1.54, 1.807) is 15.9 Å². The maximum Gasteiger partial charge on any atom is 0.278 e. The Kier molecular flexibility index (Phi) is 5.58. The predicted octanol–water partition coefficient (Wildman–Crippen LogP) is 6.02. The van der Waals surface area contributed by atoms with E-state index in [1.807, 2.05) is 77.5 Å². The number of hydrogen-bond acceptors (Lipinski definition) is 7. The van der Waals surface area contributed by atoms with Gasteiger partial charge in [0.05, 0.1) is 16.4 Å². The summed E-state index contributed by atoms with van der Waals surface area (Å²) < 4.78 is 4.70. The number of aryl methyl sites for hydroxylation is 1. The lowest BCUT2D eigenvalue weighted by Gasteiger charge is -2.12. The van der Waals surface area contributed by atoms with Crippen molar-refractivity contribution in [3.63, 3.8) is 0 Å². The van der Waals surface area contributed by atoms with Crippen LogP contribution in [0.15, 0.2) is 76.0 Å². The summed E-state index contributed by atoms with van der Waals surface area (Å²) >= 11 is 10.0. The highest BCUT2D eigenvalue weighted by molar-refractivity contribution is 7.98. The van der Waals surface area contributed by atoms with Gasteiger partial charge in [-0.15, -0.1) is 11.3 Å². The van der Waals surface area contributed by atoms with Crippen LogP contribution in [0.1, 0.15) is 10.7 Å². The van der Waals surface area contributed by atoms with Crippen LogP contribution in [-0.2, 0) is 5.75 Å². The standard InChI is InChI=1S/C22H16N4OS4/c1-14-23-15(12-29-14)13-30-21-24-19-18(20(27)26(21)17-10-6-3-7-11-17)31-22(28)25(19)16-8-4-2-5-9-16/h2-12H,13H2,1H3. The third-order valence-corrected chi connectivity index (χ3v) is 7.77. The van der Waals surface area contributed by atoms with Gasteiger partial charge >= 0.3 is 0 Å². The molecule has 0 aliphatic heterocycles. The average Bonchev–Trinajstić information content (AvgIpc) is 3.36. The number of aromatic nitrogens is 4. The van der Waals surface area contributed by atoms with Gasteiger partial charge in [0.1, 0.15) is 4.70 Å². The molecule has 0 bridgehead atoms. The summed E-state index contributed by atoms with van der Waals surface area (Å²) in [6, 6.07) is 19.4. The van der Waals surface area contributed by atoms with E-state index in [0.717, 1.165) is 22.1 Å². The van der Waals surface area contributed by atoms with E-state index in [4.69, 9.17) is 17.2 Å². The van der Waals surface area contributed by atoms with Crippen molar-refractivity contribution in [3.8, 4) is 11.4 Å². The summed E-state index contributed by atoms with van der Waals surface area (Å²) in [4.78, 5) is 23.1. The zero-order valence-corrected chi connectivity index (χ0v) is 19.7. The molecule has 0 N–H and O–H groups in total. The van der Waals surface area contributed by atoms with Crippen LogP contribution >= 0.6 is 46.7 Å². The first-order chi connectivity index (χ1) is 15.1. The van der Waals surface area contributed by atoms with Crippen LogP contribution in [0.5, 0.6) is 0 Å². The normalized spacial score (nSPS) is 11.3. The van der Waals surface area contributed by atoms with E-state index in [1.165, 1.54) is 23.1 Å². The highest BCUT2D eigenvalue weighted by Crippen LogP contribution is 2.29. The number of rotatable bonds is 5. The van der Waals surface area contributed by atoms with E-state index in [2.05, 4.69) is 4.98 Å². The Morgan fingerprint density at radius 2 is 1.61 bits per heavy atom. The van der Waals surface area contributed by atoms with E-state index in [-0.39, 0.29) is 5.56 Å². The monoisotopic (exact) mass is 480 g/mol. The van der Waals surface area contributed by atoms with Crippen LogP contribution in [0.3, 0.4) is 0 Å². The van der Waals surface area contributed by atoms with E-state index in [9.17, 15) is 4.79 Å². The fourth-order valence-electron chi connectivity index (χ4n) is 3.26. The third kappa shape index (κ3) is 3.89. The zero-order chi connectivity index (χ0) is 21.4. The van der Waals surface area contributed by atoms with Crippen LogP contribution in [-0.4, -0.2) is 19.1 Å². The molecule has 0 unspecified atom stereocenters. The Hall–Kier alpha value is -2.59. The summed E-state index contributed by atoms with van der Waals surface area (Å²) in [6.07, 6.45) is 0. The molecule has 5 aromatic rings. The van der Waals surface area contributed by atoms with E-state index in [0.29, 0.717) is 25.2 Å². The first-order valence-corrected chi connectivity index (χ1v) is 12.5. The molecule has 0 atom stereocenters. The summed E-state index contributed by atoms with van der Waals surface area (Å²) in [5.41, 5.74) is 3.14. The Bertz CT molecular complexity index is 1480.